The van der Waals surface area contributed by atoms with Crippen LogP contribution in [0.2, 0.25) is 0 Å². The zero-order valence-corrected chi connectivity index (χ0v) is 13.3. The molecule has 0 bridgehead atoms. The smallest absolute Gasteiger partial charge is 0.390 e. The summed E-state index contributed by atoms with van der Waals surface area (Å²) in [5.41, 5.74) is -1.03. The molecular weight excluding hydrogens is 316 g/mol. The Morgan fingerprint density at radius 3 is 2.90 bits per heavy atom. The minimum Gasteiger partial charge on any atom is -0.390 e. The van der Waals surface area contributed by atoms with Crippen molar-refractivity contribution in [1.82, 2.24) is 9.24 Å². The van der Waals surface area contributed by atoms with Gasteiger partial charge >= 0.3 is 21.2 Å². The van der Waals surface area contributed by atoms with E-state index in [2.05, 4.69) is 4.85 Å². The van der Waals surface area contributed by atoms with Crippen molar-refractivity contribution in [3.63, 3.8) is 0 Å². The summed E-state index contributed by atoms with van der Waals surface area (Å²) in [6, 6.07) is 0. The van der Waals surface area contributed by atoms with Gasteiger partial charge in [-0.05, 0) is 13.8 Å². The summed E-state index contributed by atoms with van der Waals surface area (Å²) in [5.74, 6) is 0. The van der Waals surface area contributed by atoms with Crippen LogP contribution in [0, 0.1) is 6.92 Å². The SMILES string of the molecule is [2H]C[C@H]1O[C@@H](n2cc(C)c(=O)n(N=P[P+](C)=O)c2=O)CC1O. The van der Waals surface area contributed by atoms with Gasteiger partial charge in [-0.15, -0.1) is 4.68 Å². The highest BCUT2D eigenvalue weighted by Crippen LogP contribution is 2.33. The Bertz CT molecular complexity index is 731. The van der Waals surface area contributed by atoms with Gasteiger partial charge in [0.1, 0.15) is 12.9 Å². The zero-order valence-electron chi connectivity index (χ0n) is 12.5. The lowest BCUT2D eigenvalue weighted by atomic mass is 10.2. The van der Waals surface area contributed by atoms with E-state index in [4.69, 9.17) is 6.11 Å². The molecule has 21 heavy (non-hydrogen) atoms. The lowest BCUT2D eigenvalue weighted by Crippen LogP contribution is -2.39. The Hall–Kier alpha value is -1.20. The Labute approximate surface area is 124 Å². The summed E-state index contributed by atoms with van der Waals surface area (Å²) in [5, 5.41) is 9.79. The van der Waals surface area contributed by atoms with Crippen LogP contribution in [0.1, 0.15) is 26.5 Å². The second-order valence-electron chi connectivity index (χ2n) is 4.69. The summed E-state index contributed by atoms with van der Waals surface area (Å²) in [4.78, 5) is 28.1. The standard InChI is InChI=1S/C11H16N3O5P2/c1-6-5-13(9-4-8(15)7(2)19-9)11(17)14(10(6)16)12-20-21(3)18/h5,7-9,15H,4H2,1-3H3/q+1/t7-,8?,9-/m1/s1/i2D. The third-order valence-electron chi connectivity index (χ3n) is 3.03. The topological polar surface area (TPSA) is 103 Å². The molecule has 0 amide bonds. The average Bonchev–Trinajstić information content (AvgIpc) is 2.83. The fraction of sp³-hybridized carbons (Fsp3) is 0.636. The van der Waals surface area contributed by atoms with Crippen LogP contribution in [0.5, 0.6) is 0 Å². The molecule has 114 valence electrons. The quantitative estimate of drug-likeness (QED) is 0.839. The van der Waals surface area contributed by atoms with E-state index in [1.165, 1.54) is 24.4 Å². The van der Waals surface area contributed by atoms with E-state index in [9.17, 15) is 19.3 Å². The lowest BCUT2D eigenvalue weighted by molar-refractivity contribution is -0.0107. The number of hydrogen-bond acceptors (Lipinski definition) is 6. The first-order valence-electron chi connectivity index (χ1n) is 6.86. The molecule has 1 aliphatic heterocycles. The molecule has 2 rings (SSSR count). The molecular formula is C11H16N3O5P2+. The molecule has 0 spiro atoms. The van der Waals surface area contributed by atoms with Crippen LogP contribution in [0.3, 0.4) is 0 Å². The molecule has 0 aromatic carbocycles. The first-order chi connectivity index (χ1) is 10.3. The summed E-state index contributed by atoms with van der Waals surface area (Å²) in [6.07, 6.45) is -0.761. The molecule has 4 atom stereocenters. The Kier molecular flexibility index (Phi) is 4.40. The van der Waals surface area contributed by atoms with E-state index >= 15 is 0 Å². The minimum atomic E-state index is -1.64. The molecule has 0 saturated carbocycles. The number of rotatable bonds is 3. The van der Waals surface area contributed by atoms with Crippen molar-refractivity contribution in [2.24, 2.45) is 4.85 Å². The third-order valence-corrected chi connectivity index (χ3v) is 4.54. The van der Waals surface area contributed by atoms with Gasteiger partial charge in [0.05, 0.1) is 12.2 Å². The monoisotopic (exact) mass is 333 g/mol. The van der Waals surface area contributed by atoms with Crippen LogP contribution in [-0.2, 0) is 9.30 Å². The van der Waals surface area contributed by atoms with Crippen molar-refractivity contribution in [3.8, 4) is 0 Å². The molecule has 10 heteroatoms. The highest BCUT2D eigenvalue weighted by molar-refractivity contribution is 8.10. The van der Waals surface area contributed by atoms with E-state index in [0.717, 1.165) is 0 Å². The lowest BCUT2D eigenvalue weighted by Gasteiger charge is -2.15. The Morgan fingerprint density at radius 2 is 2.33 bits per heavy atom. The molecule has 1 aromatic heterocycles. The minimum absolute atomic E-state index is 0.121. The number of hydrogen-bond donors (Lipinski definition) is 1. The summed E-state index contributed by atoms with van der Waals surface area (Å²) >= 11 is 0. The largest absolute Gasteiger partial charge is 0.411 e. The third kappa shape index (κ3) is 3.35. The van der Waals surface area contributed by atoms with Gasteiger partial charge < -0.3 is 9.84 Å². The fourth-order valence-electron chi connectivity index (χ4n) is 1.95. The van der Waals surface area contributed by atoms with Gasteiger partial charge in [-0.2, -0.15) is 0 Å². The molecule has 1 saturated heterocycles. The maximum atomic E-state index is 12.4. The number of aliphatic hydroxyl groups is 1. The zero-order chi connectivity index (χ0) is 16.4. The van der Waals surface area contributed by atoms with Gasteiger partial charge in [-0.25, -0.2) is 4.79 Å². The molecule has 1 N–H and O–H groups in total. The first-order valence-corrected chi connectivity index (χ1v) is 9.41. The van der Waals surface area contributed by atoms with Crippen molar-refractivity contribution in [1.29, 1.82) is 0 Å². The average molecular weight is 333 g/mol. The predicted molar refractivity (Wildman–Crippen MR) is 78.2 cm³/mol. The van der Waals surface area contributed by atoms with Crippen LogP contribution in [-0.4, -0.2) is 33.2 Å². The van der Waals surface area contributed by atoms with Gasteiger partial charge in [-0.1, -0.05) is 9.42 Å². The van der Waals surface area contributed by atoms with Crippen LogP contribution in [0.25, 0.3) is 0 Å². The fourth-order valence-corrected chi connectivity index (χ4v) is 2.88. The number of ether oxygens (including phenoxy) is 1. The normalized spacial score (nSPS) is 27.1. The summed E-state index contributed by atoms with van der Waals surface area (Å²) < 4.78 is 25.7. The second-order valence-corrected chi connectivity index (χ2v) is 8.21. The van der Waals surface area contributed by atoms with Gasteiger partial charge in [-0.3, -0.25) is 9.36 Å². The molecule has 2 unspecified atom stereocenters. The molecule has 1 aliphatic rings. The van der Waals surface area contributed by atoms with Gasteiger partial charge in [0.15, 0.2) is 0 Å². The molecule has 2 heterocycles. The van der Waals surface area contributed by atoms with Crippen molar-refractivity contribution >= 4 is 15.6 Å². The molecule has 1 fully saturated rings. The van der Waals surface area contributed by atoms with Crippen molar-refractivity contribution in [3.05, 3.63) is 32.6 Å². The predicted octanol–water partition coefficient (Wildman–Crippen LogP) is 1.25. The summed E-state index contributed by atoms with van der Waals surface area (Å²) in [7, 11) is -1.51. The van der Waals surface area contributed by atoms with Gasteiger partial charge in [0, 0.05) is 19.6 Å². The van der Waals surface area contributed by atoms with Crippen molar-refractivity contribution in [2.45, 2.75) is 38.7 Å². The number of aromatic nitrogens is 2. The van der Waals surface area contributed by atoms with Crippen molar-refractivity contribution < 1.29 is 15.8 Å². The van der Waals surface area contributed by atoms with E-state index in [1.54, 1.807) is 0 Å². The van der Waals surface area contributed by atoms with Gasteiger partial charge in [0.2, 0.25) is 0 Å². The number of aryl methyl sites for hydroxylation is 1. The maximum Gasteiger partial charge on any atom is 0.411 e. The van der Waals surface area contributed by atoms with Crippen LogP contribution < -0.4 is 11.2 Å². The van der Waals surface area contributed by atoms with Crippen LogP contribution in [0.4, 0.5) is 0 Å². The van der Waals surface area contributed by atoms with E-state index < -0.39 is 37.2 Å². The van der Waals surface area contributed by atoms with E-state index in [0.29, 0.717) is 4.68 Å². The van der Waals surface area contributed by atoms with Crippen molar-refractivity contribution in [2.75, 3.05) is 6.66 Å². The number of nitrogens with zero attached hydrogens (tertiary/aromatic N) is 3. The molecule has 8 nitrogen and oxygen atoms in total. The van der Waals surface area contributed by atoms with E-state index in [1.807, 2.05) is 0 Å². The second kappa shape index (κ2) is 6.28. The Balaban J connectivity index is 2.48. The highest BCUT2D eigenvalue weighted by atomic mass is 32.0. The number of aliphatic hydroxyl groups excluding tert-OH is 1. The highest BCUT2D eigenvalue weighted by Gasteiger charge is 2.33. The van der Waals surface area contributed by atoms with Crippen LogP contribution >= 0.6 is 15.6 Å². The van der Waals surface area contributed by atoms with E-state index in [-0.39, 0.29) is 26.9 Å². The Morgan fingerprint density at radius 1 is 1.62 bits per heavy atom. The first kappa shape index (κ1) is 14.7. The van der Waals surface area contributed by atoms with Crippen LogP contribution in [0.15, 0.2) is 20.6 Å². The molecule has 1 aromatic rings. The van der Waals surface area contributed by atoms with Gasteiger partial charge in [0.25, 0.3) is 5.56 Å². The molecule has 0 aliphatic carbocycles. The summed E-state index contributed by atoms with van der Waals surface area (Å²) in [6.45, 7) is 2.85. The molecule has 0 radical (unpaired) electrons. The maximum absolute atomic E-state index is 12.4.